The van der Waals surface area contributed by atoms with E-state index in [0.717, 1.165) is 0 Å². The molecule has 0 aliphatic heterocycles. The standard InChI is InChI=1S/C13H11BrClNO2S/c1-2-18-12-10(14)5-9(15)6-11(12)16-13(17)8-3-4-19-7-8/h3-7H,2H2,1H3,(H,16,17). The van der Waals surface area contributed by atoms with Crippen LogP contribution in [0.25, 0.3) is 0 Å². The number of hydrogen-bond donors (Lipinski definition) is 1. The van der Waals surface area contributed by atoms with Crippen LogP contribution >= 0.6 is 38.9 Å². The van der Waals surface area contributed by atoms with Crippen molar-refractivity contribution in [2.45, 2.75) is 6.92 Å². The minimum absolute atomic E-state index is 0.184. The summed E-state index contributed by atoms with van der Waals surface area (Å²) in [6.45, 7) is 2.38. The Bertz CT molecular complexity index is 587. The maximum absolute atomic E-state index is 12.0. The van der Waals surface area contributed by atoms with E-state index in [1.54, 1.807) is 23.6 Å². The Morgan fingerprint density at radius 3 is 2.95 bits per heavy atom. The van der Waals surface area contributed by atoms with Gasteiger partial charge in [0.15, 0.2) is 5.75 Å². The molecule has 0 atom stereocenters. The highest BCUT2D eigenvalue weighted by molar-refractivity contribution is 9.10. The minimum atomic E-state index is -0.184. The summed E-state index contributed by atoms with van der Waals surface area (Å²) in [6.07, 6.45) is 0. The lowest BCUT2D eigenvalue weighted by atomic mass is 10.2. The normalized spacial score (nSPS) is 10.3. The fourth-order valence-electron chi connectivity index (χ4n) is 1.53. The molecule has 0 fully saturated rings. The summed E-state index contributed by atoms with van der Waals surface area (Å²) < 4.78 is 6.23. The predicted molar refractivity (Wildman–Crippen MR) is 82.6 cm³/mol. The van der Waals surface area contributed by atoms with Gasteiger partial charge in [0.05, 0.1) is 22.3 Å². The van der Waals surface area contributed by atoms with Crippen molar-refractivity contribution in [1.29, 1.82) is 0 Å². The van der Waals surface area contributed by atoms with Gasteiger partial charge >= 0.3 is 0 Å². The lowest BCUT2D eigenvalue weighted by Gasteiger charge is -2.13. The Balaban J connectivity index is 2.30. The van der Waals surface area contributed by atoms with Gasteiger partial charge in [-0.3, -0.25) is 4.79 Å². The molecule has 0 spiro atoms. The van der Waals surface area contributed by atoms with Crippen LogP contribution in [0.15, 0.2) is 33.4 Å². The molecule has 0 saturated heterocycles. The molecule has 100 valence electrons. The quantitative estimate of drug-likeness (QED) is 0.849. The van der Waals surface area contributed by atoms with Crippen LogP contribution < -0.4 is 10.1 Å². The second kappa shape index (κ2) is 6.41. The Labute approximate surface area is 128 Å². The summed E-state index contributed by atoms with van der Waals surface area (Å²) in [6, 6.07) is 5.16. The number of ether oxygens (including phenoxy) is 1. The minimum Gasteiger partial charge on any atom is -0.491 e. The van der Waals surface area contributed by atoms with Crippen LogP contribution in [0.5, 0.6) is 5.75 Å². The molecule has 0 radical (unpaired) electrons. The molecule has 1 aromatic heterocycles. The predicted octanol–water partition coefficient (Wildman–Crippen LogP) is 4.82. The summed E-state index contributed by atoms with van der Waals surface area (Å²) in [4.78, 5) is 12.0. The van der Waals surface area contributed by atoms with Crippen LogP contribution in [-0.4, -0.2) is 12.5 Å². The molecule has 3 nitrogen and oxygen atoms in total. The molecule has 2 rings (SSSR count). The SMILES string of the molecule is CCOc1c(Br)cc(Cl)cc1NC(=O)c1ccsc1. The van der Waals surface area contributed by atoms with Gasteiger partial charge in [0.2, 0.25) is 0 Å². The first-order valence-electron chi connectivity index (χ1n) is 5.57. The molecule has 0 unspecified atom stereocenters. The fourth-order valence-corrected chi connectivity index (χ4v) is 3.09. The zero-order valence-corrected chi connectivity index (χ0v) is 13.2. The first-order chi connectivity index (χ1) is 9.11. The molecule has 0 bridgehead atoms. The highest BCUT2D eigenvalue weighted by Crippen LogP contribution is 2.36. The second-order valence-electron chi connectivity index (χ2n) is 3.66. The van der Waals surface area contributed by atoms with Gasteiger partial charge in [-0.15, -0.1) is 0 Å². The third kappa shape index (κ3) is 3.49. The van der Waals surface area contributed by atoms with Gasteiger partial charge in [-0.1, -0.05) is 11.6 Å². The van der Waals surface area contributed by atoms with E-state index in [1.165, 1.54) is 11.3 Å². The van der Waals surface area contributed by atoms with Gasteiger partial charge < -0.3 is 10.1 Å². The number of halogens is 2. The zero-order chi connectivity index (χ0) is 13.8. The maximum Gasteiger partial charge on any atom is 0.256 e. The molecule has 2 aromatic rings. The molecule has 1 N–H and O–H groups in total. The van der Waals surface area contributed by atoms with E-state index in [1.807, 2.05) is 12.3 Å². The summed E-state index contributed by atoms with van der Waals surface area (Å²) in [5.41, 5.74) is 1.17. The molecular formula is C13H11BrClNO2S. The Hall–Kier alpha value is -1.04. The molecule has 0 aliphatic carbocycles. The molecule has 0 aliphatic rings. The molecule has 1 heterocycles. The summed E-state index contributed by atoms with van der Waals surface area (Å²) in [7, 11) is 0. The van der Waals surface area contributed by atoms with E-state index >= 15 is 0 Å². The van der Waals surface area contributed by atoms with Crippen molar-refractivity contribution in [2.75, 3.05) is 11.9 Å². The third-order valence-corrected chi connectivity index (χ3v) is 3.82. The number of nitrogens with one attached hydrogen (secondary N) is 1. The number of thiophene rings is 1. The highest BCUT2D eigenvalue weighted by Gasteiger charge is 2.14. The van der Waals surface area contributed by atoms with Crippen molar-refractivity contribution in [3.63, 3.8) is 0 Å². The zero-order valence-electron chi connectivity index (χ0n) is 10.1. The Morgan fingerprint density at radius 2 is 2.32 bits per heavy atom. The van der Waals surface area contributed by atoms with Crippen molar-refractivity contribution in [3.05, 3.63) is 44.0 Å². The topological polar surface area (TPSA) is 38.3 Å². The van der Waals surface area contributed by atoms with Crippen LogP contribution in [0, 0.1) is 0 Å². The summed E-state index contributed by atoms with van der Waals surface area (Å²) in [5, 5.41) is 6.97. The van der Waals surface area contributed by atoms with E-state index in [2.05, 4.69) is 21.2 Å². The van der Waals surface area contributed by atoms with Gasteiger partial charge in [-0.2, -0.15) is 11.3 Å². The van der Waals surface area contributed by atoms with Crippen molar-refractivity contribution < 1.29 is 9.53 Å². The van der Waals surface area contributed by atoms with E-state index in [0.29, 0.717) is 33.1 Å². The number of carbonyl (C=O) groups is 1. The first kappa shape index (κ1) is 14.4. The van der Waals surface area contributed by atoms with Crippen molar-refractivity contribution in [1.82, 2.24) is 0 Å². The average Bonchev–Trinajstić information content (AvgIpc) is 2.87. The number of anilines is 1. The lowest BCUT2D eigenvalue weighted by molar-refractivity contribution is 0.102. The molecule has 1 aromatic carbocycles. The van der Waals surface area contributed by atoms with Gasteiger partial charge in [0, 0.05) is 10.4 Å². The van der Waals surface area contributed by atoms with Crippen LogP contribution in [0.3, 0.4) is 0 Å². The number of rotatable bonds is 4. The summed E-state index contributed by atoms with van der Waals surface area (Å²) in [5.74, 6) is 0.395. The second-order valence-corrected chi connectivity index (χ2v) is 5.73. The number of benzene rings is 1. The molecule has 0 saturated carbocycles. The molecule has 19 heavy (non-hydrogen) atoms. The van der Waals surface area contributed by atoms with Crippen LogP contribution in [0.2, 0.25) is 5.02 Å². The van der Waals surface area contributed by atoms with Crippen molar-refractivity contribution in [2.24, 2.45) is 0 Å². The average molecular weight is 361 g/mol. The van der Waals surface area contributed by atoms with Gasteiger partial charge in [-0.05, 0) is 46.4 Å². The number of hydrogen-bond acceptors (Lipinski definition) is 3. The summed E-state index contributed by atoms with van der Waals surface area (Å²) >= 11 is 10.8. The van der Waals surface area contributed by atoms with E-state index in [9.17, 15) is 4.79 Å². The van der Waals surface area contributed by atoms with Crippen LogP contribution in [-0.2, 0) is 0 Å². The Morgan fingerprint density at radius 1 is 1.53 bits per heavy atom. The lowest BCUT2D eigenvalue weighted by Crippen LogP contribution is -2.12. The number of carbonyl (C=O) groups excluding carboxylic acids is 1. The van der Waals surface area contributed by atoms with E-state index in [4.69, 9.17) is 16.3 Å². The van der Waals surface area contributed by atoms with Crippen LogP contribution in [0.4, 0.5) is 5.69 Å². The molecule has 1 amide bonds. The largest absolute Gasteiger partial charge is 0.491 e. The molecular weight excluding hydrogens is 350 g/mol. The monoisotopic (exact) mass is 359 g/mol. The highest BCUT2D eigenvalue weighted by atomic mass is 79.9. The van der Waals surface area contributed by atoms with Crippen molar-refractivity contribution in [3.8, 4) is 5.75 Å². The van der Waals surface area contributed by atoms with Crippen molar-refractivity contribution >= 4 is 50.5 Å². The smallest absolute Gasteiger partial charge is 0.256 e. The van der Waals surface area contributed by atoms with Crippen LogP contribution in [0.1, 0.15) is 17.3 Å². The van der Waals surface area contributed by atoms with E-state index in [-0.39, 0.29) is 5.91 Å². The van der Waals surface area contributed by atoms with E-state index < -0.39 is 0 Å². The fraction of sp³-hybridized carbons (Fsp3) is 0.154. The Kier molecular flexibility index (Phi) is 4.85. The molecule has 6 heteroatoms. The van der Waals surface area contributed by atoms with Gasteiger partial charge in [0.1, 0.15) is 0 Å². The van der Waals surface area contributed by atoms with Gasteiger partial charge in [0.25, 0.3) is 5.91 Å². The van der Waals surface area contributed by atoms with Gasteiger partial charge in [-0.25, -0.2) is 0 Å². The maximum atomic E-state index is 12.0. The number of amides is 1. The first-order valence-corrected chi connectivity index (χ1v) is 7.68. The third-order valence-electron chi connectivity index (χ3n) is 2.33.